The van der Waals surface area contributed by atoms with Crippen molar-refractivity contribution in [3.63, 3.8) is 0 Å². The van der Waals surface area contributed by atoms with E-state index in [1.807, 2.05) is 19.1 Å². The quantitative estimate of drug-likeness (QED) is 0.817. The molecular formula is C10H11BrO3. The smallest absolute Gasteiger partial charge is 0.204 e. The lowest BCUT2D eigenvalue weighted by molar-refractivity contribution is 0.162. The second-order valence-corrected chi connectivity index (χ2v) is 3.69. The highest BCUT2D eigenvalue weighted by molar-refractivity contribution is 9.10. The number of fused-ring (bicyclic) bond motifs is 1. The number of hydrogen-bond donors (Lipinski definition) is 0. The van der Waals surface area contributed by atoms with Gasteiger partial charge in [0, 0.05) is 0 Å². The number of rotatable bonds is 2. The van der Waals surface area contributed by atoms with Crippen LogP contribution in [0, 0.1) is 0 Å². The second kappa shape index (κ2) is 4.09. The highest BCUT2D eigenvalue weighted by Gasteiger charge is 2.19. The van der Waals surface area contributed by atoms with Gasteiger partial charge in [-0.2, -0.15) is 0 Å². The van der Waals surface area contributed by atoms with Gasteiger partial charge >= 0.3 is 0 Å². The Hall–Kier alpha value is -0.900. The Morgan fingerprint density at radius 2 is 2.14 bits per heavy atom. The molecule has 4 heteroatoms. The molecular weight excluding hydrogens is 248 g/mol. The Morgan fingerprint density at radius 3 is 2.93 bits per heavy atom. The molecule has 0 fully saturated rings. The number of benzene rings is 1. The minimum atomic E-state index is 0.573. The van der Waals surface area contributed by atoms with Gasteiger partial charge in [-0.05, 0) is 35.0 Å². The van der Waals surface area contributed by atoms with Gasteiger partial charge in [0.15, 0.2) is 11.5 Å². The van der Waals surface area contributed by atoms with Gasteiger partial charge < -0.3 is 14.2 Å². The molecule has 1 aliphatic heterocycles. The average molecular weight is 259 g/mol. The van der Waals surface area contributed by atoms with Crippen LogP contribution in [0.3, 0.4) is 0 Å². The van der Waals surface area contributed by atoms with Crippen LogP contribution in [0.4, 0.5) is 0 Å². The SMILES string of the molecule is CCOc1c(Br)ccc2c1OCCO2. The van der Waals surface area contributed by atoms with E-state index in [2.05, 4.69) is 15.9 Å². The van der Waals surface area contributed by atoms with Crippen molar-refractivity contribution >= 4 is 15.9 Å². The van der Waals surface area contributed by atoms with E-state index in [0.29, 0.717) is 25.6 Å². The fourth-order valence-electron chi connectivity index (χ4n) is 1.35. The molecule has 1 aliphatic rings. The van der Waals surface area contributed by atoms with Gasteiger partial charge in [0.2, 0.25) is 5.75 Å². The molecule has 2 rings (SSSR count). The third-order valence-electron chi connectivity index (χ3n) is 1.90. The molecule has 0 saturated heterocycles. The summed E-state index contributed by atoms with van der Waals surface area (Å²) < 4.78 is 17.3. The molecule has 14 heavy (non-hydrogen) atoms. The third-order valence-corrected chi connectivity index (χ3v) is 2.53. The molecule has 0 radical (unpaired) electrons. The van der Waals surface area contributed by atoms with Crippen molar-refractivity contribution in [1.29, 1.82) is 0 Å². The minimum Gasteiger partial charge on any atom is -0.489 e. The van der Waals surface area contributed by atoms with E-state index in [-0.39, 0.29) is 0 Å². The van der Waals surface area contributed by atoms with Crippen molar-refractivity contribution in [1.82, 2.24) is 0 Å². The first-order chi connectivity index (χ1) is 6.83. The molecule has 0 amide bonds. The standard InChI is InChI=1S/C10H11BrO3/c1-2-12-9-7(11)3-4-8-10(9)14-6-5-13-8/h3-4H,2,5-6H2,1H3. The molecule has 1 aromatic rings. The fourth-order valence-corrected chi connectivity index (χ4v) is 1.77. The van der Waals surface area contributed by atoms with Crippen molar-refractivity contribution in [2.45, 2.75) is 6.92 Å². The van der Waals surface area contributed by atoms with Crippen LogP contribution in [0.5, 0.6) is 17.2 Å². The molecule has 0 atom stereocenters. The number of ether oxygens (including phenoxy) is 3. The molecule has 0 unspecified atom stereocenters. The normalized spacial score (nSPS) is 13.9. The average Bonchev–Trinajstić information content (AvgIpc) is 2.23. The number of halogens is 1. The molecule has 0 bridgehead atoms. The van der Waals surface area contributed by atoms with Crippen LogP contribution in [0.15, 0.2) is 16.6 Å². The van der Waals surface area contributed by atoms with E-state index >= 15 is 0 Å². The molecule has 3 nitrogen and oxygen atoms in total. The molecule has 1 aromatic carbocycles. The van der Waals surface area contributed by atoms with Gasteiger partial charge in [-0.25, -0.2) is 0 Å². The first-order valence-corrected chi connectivity index (χ1v) is 5.33. The summed E-state index contributed by atoms with van der Waals surface area (Å²) in [4.78, 5) is 0. The monoisotopic (exact) mass is 258 g/mol. The van der Waals surface area contributed by atoms with Crippen LogP contribution in [0.2, 0.25) is 0 Å². The summed E-state index contributed by atoms with van der Waals surface area (Å²) in [6.45, 7) is 3.72. The lowest BCUT2D eigenvalue weighted by Crippen LogP contribution is -2.16. The summed E-state index contributed by atoms with van der Waals surface area (Å²) in [5, 5.41) is 0. The van der Waals surface area contributed by atoms with Crippen LogP contribution >= 0.6 is 15.9 Å². The van der Waals surface area contributed by atoms with E-state index < -0.39 is 0 Å². The molecule has 0 aromatic heterocycles. The largest absolute Gasteiger partial charge is 0.489 e. The minimum absolute atomic E-state index is 0.573. The Bertz CT molecular complexity index is 338. The van der Waals surface area contributed by atoms with E-state index in [1.54, 1.807) is 0 Å². The topological polar surface area (TPSA) is 27.7 Å². The summed E-state index contributed by atoms with van der Waals surface area (Å²) in [6, 6.07) is 3.78. The van der Waals surface area contributed by atoms with Crippen molar-refractivity contribution in [2.75, 3.05) is 19.8 Å². The van der Waals surface area contributed by atoms with Crippen molar-refractivity contribution in [3.05, 3.63) is 16.6 Å². The van der Waals surface area contributed by atoms with Crippen LogP contribution in [-0.4, -0.2) is 19.8 Å². The summed E-state index contributed by atoms with van der Waals surface area (Å²) >= 11 is 3.42. The summed E-state index contributed by atoms with van der Waals surface area (Å²) in [7, 11) is 0. The van der Waals surface area contributed by atoms with Crippen molar-refractivity contribution < 1.29 is 14.2 Å². The Labute approximate surface area is 91.1 Å². The molecule has 76 valence electrons. The Morgan fingerprint density at radius 1 is 1.36 bits per heavy atom. The first kappa shape index (κ1) is 9.65. The molecule has 0 N–H and O–H groups in total. The zero-order chi connectivity index (χ0) is 9.97. The lowest BCUT2D eigenvalue weighted by atomic mass is 10.3. The van der Waals surface area contributed by atoms with Gasteiger partial charge in [-0.1, -0.05) is 0 Å². The van der Waals surface area contributed by atoms with Gasteiger partial charge in [0.1, 0.15) is 13.2 Å². The molecule has 0 aliphatic carbocycles. The van der Waals surface area contributed by atoms with E-state index in [1.165, 1.54) is 0 Å². The van der Waals surface area contributed by atoms with Crippen molar-refractivity contribution in [3.8, 4) is 17.2 Å². The van der Waals surface area contributed by atoms with Crippen LogP contribution in [-0.2, 0) is 0 Å². The van der Waals surface area contributed by atoms with E-state index in [4.69, 9.17) is 14.2 Å². The highest BCUT2D eigenvalue weighted by atomic mass is 79.9. The predicted octanol–water partition coefficient (Wildman–Crippen LogP) is 2.62. The summed E-state index contributed by atoms with van der Waals surface area (Å²) in [5.41, 5.74) is 0. The maximum Gasteiger partial charge on any atom is 0.204 e. The molecule has 1 heterocycles. The van der Waals surface area contributed by atoms with Gasteiger partial charge in [0.05, 0.1) is 11.1 Å². The number of hydrogen-bond acceptors (Lipinski definition) is 3. The fraction of sp³-hybridized carbons (Fsp3) is 0.400. The van der Waals surface area contributed by atoms with Crippen LogP contribution in [0.25, 0.3) is 0 Å². The van der Waals surface area contributed by atoms with Gasteiger partial charge in [-0.15, -0.1) is 0 Å². The van der Waals surface area contributed by atoms with Gasteiger partial charge in [0.25, 0.3) is 0 Å². The van der Waals surface area contributed by atoms with Crippen LogP contribution in [0.1, 0.15) is 6.92 Å². The van der Waals surface area contributed by atoms with E-state index in [9.17, 15) is 0 Å². The maximum atomic E-state index is 5.51. The zero-order valence-corrected chi connectivity index (χ0v) is 9.46. The van der Waals surface area contributed by atoms with E-state index in [0.717, 1.165) is 16.0 Å². The molecule has 0 saturated carbocycles. The first-order valence-electron chi connectivity index (χ1n) is 4.54. The Balaban J connectivity index is 2.43. The summed E-state index contributed by atoms with van der Waals surface area (Å²) in [6.07, 6.45) is 0. The second-order valence-electron chi connectivity index (χ2n) is 2.83. The zero-order valence-electron chi connectivity index (χ0n) is 7.88. The highest BCUT2D eigenvalue weighted by Crippen LogP contribution is 2.43. The molecule has 0 spiro atoms. The van der Waals surface area contributed by atoms with Crippen LogP contribution < -0.4 is 14.2 Å². The maximum absolute atomic E-state index is 5.51. The predicted molar refractivity (Wildman–Crippen MR) is 56.3 cm³/mol. The summed E-state index contributed by atoms with van der Waals surface area (Å²) in [5.74, 6) is 2.18. The van der Waals surface area contributed by atoms with Crippen molar-refractivity contribution in [2.24, 2.45) is 0 Å². The lowest BCUT2D eigenvalue weighted by Gasteiger charge is -2.21. The Kier molecular flexibility index (Phi) is 2.82. The third kappa shape index (κ3) is 1.66. The van der Waals surface area contributed by atoms with Gasteiger partial charge in [-0.3, -0.25) is 0 Å².